The van der Waals surface area contributed by atoms with E-state index in [0.29, 0.717) is 5.56 Å². The molecule has 0 saturated carbocycles. The van der Waals surface area contributed by atoms with Gasteiger partial charge in [0, 0.05) is 29.7 Å². The second kappa shape index (κ2) is 14.4. The average molecular weight is 708 g/mol. The summed E-state index contributed by atoms with van der Waals surface area (Å²) in [5.41, 5.74) is 20.8. The Morgan fingerprint density at radius 1 is 0.854 bits per heavy atom. The van der Waals surface area contributed by atoms with E-state index in [0.717, 1.165) is 18.2 Å². The third-order valence-electron chi connectivity index (χ3n) is 6.40. The third-order valence-corrected chi connectivity index (χ3v) is 6.68. The highest BCUT2D eigenvalue weighted by molar-refractivity contribution is 6.31. The van der Waals surface area contributed by atoms with E-state index in [4.69, 9.17) is 44.0 Å². The van der Waals surface area contributed by atoms with Crippen molar-refractivity contribution in [3.63, 3.8) is 0 Å². The number of amides is 1. The molecule has 0 bridgehead atoms. The number of aliphatic imine (C=N–C) groups is 1. The van der Waals surface area contributed by atoms with Crippen molar-refractivity contribution in [2.45, 2.75) is 18.6 Å². The number of ether oxygens (including phenoxy) is 2. The van der Waals surface area contributed by atoms with E-state index in [1.807, 2.05) is 0 Å². The summed E-state index contributed by atoms with van der Waals surface area (Å²) in [7, 11) is 0. The third kappa shape index (κ3) is 7.92. The van der Waals surface area contributed by atoms with Crippen LogP contribution >= 0.6 is 24.0 Å². The first kappa shape index (κ1) is 36.2. The van der Waals surface area contributed by atoms with Crippen LogP contribution in [0.5, 0.6) is 46.0 Å². The van der Waals surface area contributed by atoms with Gasteiger partial charge in [-0.05, 0) is 24.3 Å². The van der Waals surface area contributed by atoms with E-state index in [1.54, 1.807) is 0 Å². The first-order chi connectivity index (χ1) is 22.0. The molecule has 0 spiro atoms. The quantitative estimate of drug-likeness (QED) is 0.0621. The fourth-order valence-electron chi connectivity index (χ4n) is 4.25. The second-order valence-corrected chi connectivity index (χ2v) is 10.1. The van der Waals surface area contributed by atoms with Gasteiger partial charge in [0.05, 0.1) is 5.56 Å². The van der Waals surface area contributed by atoms with Gasteiger partial charge in [0.15, 0.2) is 63.3 Å². The van der Waals surface area contributed by atoms with E-state index in [1.165, 1.54) is 24.3 Å². The van der Waals surface area contributed by atoms with Crippen LogP contribution in [0.1, 0.15) is 38.1 Å². The lowest BCUT2D eigenvalue weighted by atomic mass is 9.93. The summed E-state index contributed by atoms with van der Waals surface area (Å²) in [6.07, 6.45) is -2.12. The zero-order valence-corrected chi connectivity index (χ0v) is 25.7. The zero-order chi connectivity index (χ0) is 34.7. The number of benzene rings is 3. The van der Waals surface area contributed by atoms with Crippen LogP contribution in [-0.4, -0.2) is 69.7 Å². The van der Waals surface area contributed by atoms with Crippen molar-refractivity contribution < 1.29 is 54.8 Å². The second-order valence-electron chi connectivity index (χ2n) is 9.71. The highest BCUT2D eigenvalue weighted by Gasteiger charge is 2.37. The number of aromatic nitrogens is 2. The number of esters is 1. The molecule has 2 atom stereocenters. The summed E-state index contributed by atoms with van der Waals surface area (Å²) < 4.78 is 11.4. The van der Waals surface area contributed by atoms with Gasteiger partial charge in [0.1, 0.15) is 23.4 Å². The van der Waals surface area contributed by atoms with Crippen LogP contribution in [0.25, 0.3) is 0 Å². The van der Waals surface area contributed by atoms with E-state index in [-0.39, 0.29) is 75.4 Å². The maximum Gasteiger partial charge on any atom is 0.338 e. The van der Waals surface area contributed by atoms with E-state index in [2.05, 4.69) is 15.0 Å². The number of carbonyl (C=O) groups is 2. The number of hydrogen-bond donors (Lipinski definition) is 11. The normalized spacial score (nSPS) is 14.5. The van der Waals surface area contributed by atoms with Crippen LogP contribution < -0.4 is 27.7 Å². The van der Waals surface area contributed by atoms with Crippen LogP contribution in [0.15, 0.2) is 47.5 Å². The molecule has 0 radical (unpaired) electrons. The molecule has 0 fully saturated rings. The zero-order valence-electron chi connectivity index (χ0n) is 24.1. The number of rotatable bonds is 4. The van der Waals surface area contributed by atoms with Gasteiger partial charge in [0.25, 0.3) is 0 Å². The molecule has 1 aliphatic rings. The van der Waals surface area contributed by atoms with Crippen molar-refractivity contribution in [3.05, 3.63) is 70.0 Å². The van der Waals surface area contributed by atoms with Crippen molar-refractivity contribution >= 4 is 53.5 Å². The number of fused-ring (bicyclic) bond motifs is 1. The van der Waals surface area contributed by atoms with Gasteiger partial charge in [-0.2, -0.15) is 4.99 Å². The van der Waals surface area contributed by atoms with Crippen molar-refractivity contribution in [2.75, 3.05) is 11.5 Å². The molecule has 1 aliphatic heterocycles. The number of halogens is 2. The summed E-state index contributed by atoms with van der Waals surface area (Å²) in [5, 5.41) is 68.1. The van der Waals surface area contributed by atoms with Crippen molar-refractivity contribution in [3.8, 4) is 46.0 Å². The molecule has 4 aromatic rings. The number of carbonyl (C=O) groups excluding carboxylic acids is 2. The first-order valence-electron chi connectivity index (χ1n) is 13.0. The van der Waals surface area contributed by atoms with Crippen molar-refractivity contribution in [1.29, 1.82) is 0 Å². The Hall–Kier alpha value is -6.27. The summed E-state index contributed by atoms with van der Waals surface area (Å²) in [6.45, 7) is 0. The first-order valence-corrected chi connectivity index (χ1v) is 13.3. The molecule has 1 aromatic heterocycles. The predicted molar refractivity (Wildman–Crippen MR) is 171 cm³/mol. The van der Waals surface area contributed by atoms with Gasteiger partial charge in [0.2, 0.25) is 0 Å². The van der Waals surface area contributed by atoms with Crippen LogP contribution in [0.2, 0.25) is 5.15 Å². The number of hydrogen-bond acceptors (Lipinski definition) is 15. The van der Waals surface area contributed by atoms with Crippen molar-refractivity contribution in [2.24, 2.45) is 16.5 Å². The van der Waals surface area contributed by atoms with Crippen LogP contribution in [0.3, 0.4) is 0 Å². The number of aromatic hydroxyl groups is 7. The minimum atomic E-state index is -1.06. The van der Waals surface area contributed by atoms with Gasteiger partial charge >= 0.3 is 11.9 Å². The molecule has 0 saturated heterocycles. The van der Waals surface area contributed by atoms with E-state index < -0.39 is 53.0 Å². The summed E-state index contributed by atoms with van der Waals surface area (Å²) >= 11 is 5.55. The number of nitrogens with zero attached hydrogens (tertiary/aromatic N) is 3. The maximum atomic E-state index is 12.7. The monoisotopic (exact) mass is 707 g/mol. The number of nitrogen functional groups attached to an aromatic ring is 2. The highest BCUT2D eigenvalue weighted by Crippen LogP contribution is 2.44. The van der Waals surface area contributed by atoms with Crippen molar-refractivity contribution in [1.82, 2.24) is 9.97 Å². The Kier molecular flexibility index (Phi) is 10.9. The Labute approximate surface area is 280 Å². The molecule has 15 N–H and O–H groups in total. The average Bonchev–Trinajstić information content (AvgIpc) is 2.98. The fraction of sp³-hybridized carbons (Fsp3) is 0.107. The molecule has 48 heavy (non-hydrogen) atoms. The minimum Gasteiger partial charge on any atom is -0.508 e. The van der Waals surface area contributed by atoms with Crippen LogP contribution in [0.4, 0.5) is 11.6 Å². The van der Waals surface area contributed by atoms with E-state index in [9.17, 15) is 45.3 Å². The van der Waals surface area contributed by atoms with Gasteiger partial charge < -0.3 is 68.2 Å². The SMILES string of the molecule is Cl.NC(N)=NC(=O)c1nc(Cl)c(N)nc1N.O=C(OC1Cc2c(O)cc(O)cc2OC1c1ccc(O)c(O)c1)c1cc(O)c(O)c(O)c1. The highest BCUT2D eigenvalue weighted by atomic mass is 35.5. The molecule has 18 nitrogen and oxygen atoms in total. The Morgan fingerprint density at radius 2 is 1.50 bits per heavy atom. The lowest BCUT2D eigenvalue weighted by Crippen LogP contribution is -2.34. The smallest absolute Gasteiger partial charge is 0.338 e. The largest absolute Gasteiger partial charge is 0.508 e. The molecule has 0 aliphatic carbocycles. The number of phenolic OH excluding ortho intramolecular Hbond substituents is 7. The van der Waals surface area contributed by atoms with E-state index >= 15 is 0 Å². The molecule has 5 rings (SSSR count). The lowest BCUT2D eigenvalue weighted by molar-refractivity contribution is -0.0189. The van der Waals surface area contributed by atoms with Crippen LogP contribution in [0, 0.1) is 0 Å². The topological polar surface area (TPSA) is 336 Å². The van der Waals surface area contributed by atoms with Crippen LogP contribution in [-0.2, 0) is 11.2 Å². The molecule has 20 heteroatoms. The van der Waals surface area contributed by atoms with Gasteiger partial charge in [-0.1, -0.05) is 17.7 Å². The Balaban J connectivity index is 0.000000330. The molecule has 2 unspecified atom stereocenters. The van der Waals surface area contributed by atoms with Gasteiger partial charge in [-0.25, -0.2) is 14.8 Å². The number of anilines is 2. The molecular weight excluding hydrogens is 681 g/mol. The molecule has 1 amide bonds. The summed E-state index contributed by atoms with van der Waals surface area (Å²) in [4.78, 5) is 34.4. The molecule has 2 heterocycles. The Morgan fingerprint density at radius 3 is 2.10 bits per heavy atom. The molecular formula is C28H27Cl2N7O11. The number of nitrogens with two attached hydrogens (primary N) is 4. The molecule has 254 valence electrons. The lowest BCUT2D eigenvalue weighted by Gasteiger charge is -2.34. The maximum absolute atomic E-state index is 12.7. The predicted octanol–water partition coefficient (Wildman–Crippen LogP) is 1.66. The standard InChI is InChI=1S/C22H18O10.C6H8ClN7O.ClH/c23-11-6-14(25)12-8-19(32-22(30)10-4-16(27)20(29)17(28)5-10)21(31-18(12)7-11)9-1-2-13(24)15(26)3-9;7-2-4(9)13-3(8)1(12-2)5(15)14-6(10)11;/h1-7,19,21,23-29H,8H2;(H4,8,9,13)(H4,10,11,14,15);1H. The summed E-state index contributed by atoms with van der Waals surface area (Å²) in [6, 6.07) is 8.07. The van der Waals surface area contributed by atoms with Gasteiger partial charge in [-0.15, -0.1) is 12.4 Å². The Bertz CT molecular complexity index is 1900. The molecule has 3 aromatic carbocycles. The minimum absolute atomic E-state index is 0. The number of phenols is 7. The number of guanidine groups is 1. The fourth-order valence-corrected chi connectivity index (χ4v) is 4.37. The summed E-state index contributed by atoms with van der Waals surface area (Å²) in [5.74, 6) is -5.93. The van der Waals surface area contributed by atoms with Gasteiger partial charge in [-0.3, -0.25) is 4.79 Å².